The van der Waals surface area contributed by atoms with Crippen molar-refractivity contribution in [1.82, 2.24) is 9.88 Å². The van der Waals surface area contributed by atoms with E-state index >= 15 is 0 Å². The van der Waals surface area contributed by atoms with Crippen LogP contribution in [0.15, 0.2) is 59.4 Å². The molecule has 0 saturated heterocycles. The molecule has 0 aliphatic rings. The number of benzene rings is 2. The molecule has 3 rings (SSSR count). The summed E-state index contributed by atoms with van der Waals surface area (Å²) in [5, 5.41) is 4.71. The van der Waals surface area contributed by atoms with Crippen LogP contribution < -0.4 is 14.8 Å². The first-order valence-corrected chi connectivity index (χ1v) is 9.59. The number of ether oxygens (including phenoxy) is 2. The summed E-state index contributed by atoms with van der Waals surface area (Å²) in [5.74, 6) is 0.693. The van der Waals surface area contributed by atoms with Crippen molar-refractivity contribution in [3.8, 4) is 11.5 Å². The highest BCUT2D eigenvalue weighted by atomic mass is 32.1. The smallest absolute Gasteiger partial charge is 0.387 e. The second-order valence-corrected chi connectivity index (χ2v) is 6.82. The quantitative estimate of drug-likeness (QED) is 0.559. The first-order chi connectivity index (χ1) is 14.0. The van der Waals surface area contributed by atoms with E-state index in [1.165, 1.54) is 28.4 Å². The Morgan fingerprint density at radius 2 is 2.00 bits per heavy atom. The molecule has 6 nitrogen and oxygen atoms in total. The van der Waals surface area contributed by atoms with E-state index in [0.29, 0.717) is 24.6 Å². The van der Waals surface area contributed by atoms with E-state index in [1.54, 1.807) is 49.0 Å². The van der Waals surface area contributed by atoms with Crippen molar-refractivity contribution in [2.75, 3.05) is 12.4 Å². The average Bonchev–Trinajstić information content (AvgIpc) is 3.21. The maximum absolute atomic E-state index is 12.4. The molecule has 1 N–H and O–H groups in total. The summed E-state index contributed by atoms with van der Waals surface area (Å²) >= 11 is 1.50. The number of carbonyl (C=O) groups excluding carboxylic acids is 1. The van der Waals surface area contributed by atoms with Gasteiger partial charge in [-0.1, -0.05) is 18.2 Å². The van der Waals surface area contributed by atoms with Gasteiger partial charge in [-0.05, 0) is 29.8 Å². The van der Waals surface area contributed by atoms with Gasteiger partial charge in [-0.3, -0.25) is 0 Å². The number of halogens is 2. The maximum atomic E-state index is 12.4. The van der Waals surface area contributed by atoms with Gasteiger partial charge in [-0.2, -0.15) is 8.78 Å². The molecule has 2 aromatic carbocycles. The lowest BCUT2D eigenvalue weighted by Crippen LogP contribution is -2.30. The third-order valence-corrected chi connectivity index (χ3v) is 4.51. The second-order valence-electron chi connectivity index (χ2n) is 6.10. The topological polar surface area (TPSA) is 63.7 Å². The molecule has 0 aliphatic heterocycles. The van der Waals surface area contributed by atoms with Gasteiger partial charge < -0.3 is 19.7 Å². The van der Waals surface area contributed by atoms with Gasteiger partial charge in [0, 0.05) is 30.7 Å². The van der Waals surface area contributed by atoms with Crippen molar-refractivity contribution in [2.24, 2.45) is 0 Å². The highest BCUT2D eigenvalue weighted by Crippen LogP contribution is 2.20. The van der Waals surface area contributed by atoms with Gasteiger partial charge in [0.25, 0.3) is 0 Å². The number of anilines is 1. The Morgan fingerprint density at radius 1 is 1.21 bits per heavy atom. The molecule has 0 radical (unpaired) electrons. The molecule has 0 unspecified atom stereocenters. The van der Waals surface area contributed by atoms with Crippen LogP contribution in [-0.4, -0.2) is 29.6 Å². The highest BCUT2D eigenvalue weighted by molar-refractivity contribution is 7.07. The molecule has 0 fully saturated rings. The van der Waals surface area contributed by atoms with Crippen LogP contribution in [0.5, 0.6) is 11.5 Å². The summed E-state index contributed by atoms with van der Waals surface area (Å²) in [4.78, 5) is 18.1. The third-order valence-electron chi connectivity index (χ3n) is 3.87. The van der Waals surface area contributed by atoms with Crippen LogP contribution in [0.1, 0.15) is 11.3 Å². The fraction of sp³-hybridized carbons (Fsp3) is 0.200. The average molecular weight is 419 g/mol. The van der Waals surface area contributed by atoms with E-state index in [9.17, 15) is 13.6 Å². The van der Waals surface area contributed by atoms with Gasteiger partial charge >= 0.3 is 12.6 Å². The molecule has 0 aliphatic carbocycles. The fourth-order valence-electron chi connectivity index (χ4n) is 2.47. The van der Waals surface area contributed by atoms with Crippen molar-refractivity contribution in [3.63, 3.8) is 0 Å². The number of hydrogen-bond donors (Lipinski definition) is 1. The third kappa shape index (κ3) is 6.42. The van der Waals surface area contributed by atoms with Crippen LogP contribution in [0.2, 0.25) is 0 Å². The van der Waals surface area contributed by atoms with E-state index in [1.807, 2.05) is 5.38 Å². The number of aromatic nitrogens is 1. The Kier molecular flexibility index (Phi) is 6.96. The number of nitrogens with one attached hydrogen (secondary N) is 1. The van der Waals surface area contributed by atoms with Gasteiger partial charge in [-0.25, -0.2) is 9.78 Å². The monoisotopic (exact) mass is 419 g/mol. The van der Waals surface area contributed by atoms with Crippen LogP contribution in [-0.2, 0) is 13.2 Å². The van der Waals surface area contributed by atoms with Crippen LogP contribution in [0.3, 0.4) is 0 Å². The van der Waals surface area contributed by atoms with Crippen molar-refractivity contribution in [3.05, 3.63) is 70.7 Å². The standard InChI is InChI=1S/C20H19F2N3O3S/c1-25(10-14-5-7-17(8-6-14)28-19(21)22)20(26)24-15-3-2-4-18(9-15)27-11-16-12-29-13-23-16/h2-9,12-13,19H,10-11H2,1H3,(H,24,26). The van der Waals surface area contributed by atoms with Gasteiger partial charge in [0.2, 0.25) is 0 Å². The molecule has 2 amide bonds. The first kappa shape index (κ1) is 20.5. The summed E-state index contributed by atoms with van der Waals surface area (Å²) in [7, 11) is 1.64. The molecule has 0 atom stereocenters. The maximum Gasteiger partial charge on any atom is 0.387 e. The lowest BCUT2D eigenvalue weighted by atomic mass is 10.2. The Labute approximate surface area is 170 Å². The Hall–Kier alpha value is -3.20. The molecule has 29 heavy (non-hydrogen) atoms. The van der Waals surface area contributed by atoms with E-state index in [4.69, 9.17) is 4.74 Å². The molecule has 3 aromatic rings. The summed E-state index contributed by atoms with van der Waals surface area (Å²) in [6.45, 7) is -2.21. The van der Waals surface area contributed by atoms with Gasteiger partial charge in [-0.15, -0.1) is 11.3 Å². The first-order valence-electron chi connectivity index (χ1n) is 8.65. The van der Waals surface area contributed by atoms with E-state index < -0.39 is 6.61 Å². The molecule has 9 heteroatoms. The molecule has 0 spiro atoms. The lowest BCUT2D eigenvalue weighted by molar-refractivity contribution is -0.0498. The van der Waals surface area contributed by atoms with E-state index in [-0.39, 0.29) is 11.8 Å². The van der Waals surface area contributed by atoms with Crippen molar-refractivity contribution in [1.29, 1.82) is 0 Å². The number of nitrogens with zero attached hydrogens (tertiary/aromatic N) is 2. The summed E-state index contributed by atoms with van der Waals surface area (Å²) < 4.78 is 34.4. The predicted molar refractivity (Wildman–Crippen MR) is 106 cm³/mol. The van der Waals surface area contributed by atoms with Gasteiger partial charge in [0.1, 0.15) is 18.1 Å². The van der Waals surface area contributed by atoms with Crippen LogP contribution in [0.4, 0.5) is 19.3 Å². The number of thiazole rings is 1. The Balaban J connectivity index is 1.53. The summed E-state index contributed by atoms with van der Waals surface area (Å²) in [6, 6.07) is 12.9. The number of hydrogen-bond acceptors (Lipinski definition) is 5. The van der Waals surface area contributed by atoms with Crippen LogP contribution >= 0.6 is 11.3 Å². The minimum absolute atomic E-state index is 0.0744. The Morgan fingerprint density at radius 3 is 2.69 bits per heavy atom. The molecular weight excluding hydrogens is 400 g/mol. The van der Waals surface area contributed by atoms with Gasteiger partial charge in [0.15, 0.2) is 0 Å². The zero-order valence-corrected chi connectivity index (χ0v) is 16.4. The number of alkyl halides is 2. The molecule has 1 aromatic heterocycles. The van der Waals surface area contributed by atoms with E-state index in [2.05, 4.69) is 15.0 Å². The highest BCUT2D eigenvalue weighted by Gasteiger charge is 2.11. The molecule has 1 heterocycles. The number of amides is 2. The van der Waals surface area contributed by atoms with Crippen molar-refractivity contribution in [2.45, 2.75) is 19.8 Å². The molecular formula is C20H19F2N3O3S. The minimum Gasteiger partial charge on any atom is -0.487 e. The van der Waals surface area contributed by atoms with Crippen molar-refractivity contribution >= 4 is 23.1 Å². The number of carbonyl (C=O) groups is 1. The van der Waals surface area contributed by atoms with Crippen LogP contribution in [0, 0.1) is 0 Å². The Bertz CT molecular complexity index is 921. The minimum atomic E-state index is -2.87. The second kappa shape index (κ2) is 9.83. The van der Waals surface area contributed by atoms with Gasteiger partial charge in [0.05, 0.1) is 11.2 Å². The zero-order chi connectivity index (χ0) is 20.6. The van der Waals surface area contributed by atoms with E-state index in [0.717, 1.165) is 11.3 Å². The van der Waals surface area contributed by atoms with Crippen molar-refractivity contribution < 1.29 is 23.0 Å². The molecule has 0 bridgehead atoms. The summed E-state index contributed by atoms with van der Waals surface area (Å²) in [5.41, 5.74) is 3.96. The normalized spacial score (nSPS) is 10.6. The number of urea groups is 1. The lowest BCUT2D eigenvalue weighted by Gasteiger charge is -2.18. The molecule has 152 valence electrons. The zero-order valence-electron chi connectivity index (χ0n) is 15.5. The summed E-state index contributed by atoms with van der Waals surface area (Å²) in [6.07, 6.45) is 0. The SMILES string of the molecule is CN(Cc1ccc(OC(F)F)cc1)C(=O)Nc1cccc(OCc2cscn2)c1. The largest absolute Gasteiger partial charge is 0.487 e. The number of rotatable bonds is 8. The fourth-order valence-corrected chi connectivity index (χ4v) is 3.01. The predicted octanol–water partition coefficient (Wildman–Crippen LogP) is 4.99. The molecule has 0 saturated carbocycles. The van der Waals surface area contributed by atoms with Crippen LogP contribution in [0.25, 0.3) is 0 Å².